The normalized spacial score (nSPS) is 10.4. The molecular formula is C7H8Cl2N2O3. The molecule has 0 aliphatic heterocycles. The molecule has 7 heteroatoms. The summed E-state index contributed by atoms with van der Waals surface area (Å²) in [5, 5.41) is 3.92. The van der Waals surface area contributed by atoms with Crippen molar-refractivity contribution in [3.8, 4) is 5.75 Å². The molecule has 1 rings (SSSR count). The smallest absolute Gasteiger partial charge is 0.437 e. The molecule has 0 unspecified atom stereocenters. The minimum absolute atomic E-state index is 0.189. The largest absolute Gasteiger partial charge is 0.513 e. The van der Waals surface area contributed by atoms with Gasteiger partial charge in [0.25, 0.3) is 0 Å². The highest BCUT2D eigenvalue weighted by atomic mass is 35.5. The van der Waals surface area contributed by atoms with Crippen LogP contribution in [0.3, 0.4) is 0 Å². The summed E-state index contributed by atoms with van der Waals surface area (Å²) in [5.41, 5.74) is 0.279. The van der Waals surface area contributed by atoms with E-state index in [1.807, 2.05) is 0 Å². The Balaban J connectivity index is 2.89. The molecule has 0 fully saturated rings. The number of aromatic nitrogens is 2. The molecule has 0 aliphatic carbocycles. The van der Waals surface area contributed by atoms with Gasteiger partial charge in [0.05, 0.1) is 13.3 Å². The average molecular weight is 239 g/mol. The van der Waals surface area contributed by atoms with E-state index in [4.69, 9.17) is 27.9 Å². The summed E-state index contributed by atoms with van der Waals surface area (Å²) in [5.74, 6) is 0.189. The minimum atomic E-state index is -0.851. The Kier molecular flexibility index (Phi) is 3.60. The predicted molar refractivity (Wildman–Crippen MR) is 50.7 cm³/mol. The number of rotatable bonds is 2. The van der Waals surface area contributed by atoms with Crippen molar-refractivity contribution in [1.29, 1.82) is 0 Å². The molecule has 1 heterocycles. The lowest BCUT2D eigenvalue weighted by Crippen LogP contribution is -2.08. The second-order valence-corrected chi connectivity index (χ2v) is 3.51. The zero-order chi connectivity index (χ0) is 10.7. The van der Waals surface area contributed by atoms with Crippen molar-refractivity contribution in [3.05, 3.63) is 11.9 Å². The van der Waals surface area contributed by atoms with Gasteiger partial charge in [-0.25, -0.2) is 4.79 Å². The summed E-state index contributed by atoms with van der Waals surface area (Å²) in [6, 6.07) is 0. The molecule has 0 N–H and O–H groups in total. The SMILES string of the molecule is COC(=O)Oc1cn(C)nc1C(Cl)Cl. The van der Waals surface area contributed by atoms with E-state index in [2.05, 4.69) is 9.84 Å². The van der Waals surface area contributed by atoms with Crippen LogP contribution in [0.25, 0.3) is 0 Å². The number of carbonyl (C=O) groups is 1. The Bertz CT molecular complexity index is 338. The highest BCUT2D eigenvalue weighted by Gasteiger charge is 2.18. The molecule has 0 saturated carbocycles. The van der Waals surface area contributed by atoms with Crippen LogP contribution in [0.5, 0.6) is 5.75 Å². The average Bonchev–Trinajstić information content (AvgIpc) is 2.46. The highest BCUT2D eigenvalue weighted by molar-refractivity contribution is 6.44. The number of hydrogen-bond acceptors (Lipinski definition) is 4. The van der Waals surface area contributed by atoms with Gasteiger partial charge in [0, 0.05) is 7.05 Å². The third kappa shape index (κ3) is 2.52. The molecule has 1 aromatic rings. The molecular weight excluding hydrogens is 231 g/mol. The lowest BCUT2D eigenvalue weighted by molar-refractivity contribution is 0.121. The van der Waals surface area contributed by atoms with E-state index in [-0.39, 0.29) is 11.4 Å². The zero-order valence-electron chi connectivity index (χ0n) is 7.53. The quantitative estimate of drug-likeness (QED) is 0.585. The predicted octanol–water partition coefficient (Wildman–Crippen LogP) is 2.04. The van der Waals surface area contributed by atoms with E-state index in [1.54, 1.807) is 7.05 Å². The van der Waals surface area contributed by atoms with Crippen LogP contribution in [0.4, 0.5) is 4.79 Å². The summed E-state index contributed by atoms with van der Waals surface area (Å²) in [6.45, 7) is 0. The van der Waals surface area contributed by atoms with Crippen LogP contribution in [-0.4, -0.2) is 23.0 Å². The van der Waals surface area contributed by atoms with Gasteiger partial charge in [-0.15, -0.1) is 0 Å². The van der Waals surface area contributed by atoms with Gasteiger partial charge in [-0.05, 0) is 0 Å². The van der Waals surface area contributed by atoms with E-state index in [0.717, 1.165) is 0 Å². The molecule has 78 valence electrons. The fraction of sp³-hybridized carbons (Fsp3) is 0.429. The highest BCUT2D eigenvalue weighted by Crippen LogP contribution is 2.31. The number of aryl methyl sites for hydroxylation is 1. The molecule has 5 nitrogen and oxygen atoms in total. The van der Waals surface area contributed by atoms with E-state index >= 15 is 0 Å². The number of alkyl halides is 2. The lowest BCUT2D eigenvalue weighted by atomic mass is 10.4. The standard InChI is InChI=1S/C7H8Cl2N2O3/c1-11-3-4(14-7(12)13-2)5(10-11)6(8)9/h3,6H,1-2H3. The van der Waals surface area contributed by atoms with E-state index in [1.165, 1.54) is 18.0 Å². The van der Waals surface area contributed by atoms with Crippen molar-refractivity contribution in [2.75, 3.05) is 7.11 Å². The zero-order valence-corrected chi connectivity index (χ0v) is 9.04. The Morgan fingerprint density at radius 2 is 2.29 bits per heavy atom. The molecule has 0 radical (unpaired) electrons. The minimum Gasteiger partial charge on any atom is -0.437 e. The summed E-state index contributed by atoms with van der Waals surface area (Å²) < 4.78 is 10.5. The third-order valence-electron chi connectivity index (χ3n) is 1.39. The molecule has 0 amide bonds. The van der Waals surface area contributed by atoms with Crippen LogP contribution < -0.4 is 4.74 Å². The molecule has 0 saturated heterocycles. The number of nitrogens with zero attached hydrogens (tertiary/aromatic N) is 2. The number of halogens is 2. The van der Waals surface area contributed by atoms with Gasteiger partial charge < -0.3 is 9.47 Å². The first-order valence-corrected chi connectivity index (χ1v) is 4.49. The first-order chi connectivity index (χ1) is 6.54. The Morgan fingerprint density at radius 1 is 1.64 bits per heavy atom. The number of carbonyl (C=O) groups excluding carboxylic acids is 1. The van der Waals surface area contributed by atoms with Crippen LogP contribution in [0.15, 0.2) is 6.20 Å². The Hall–Kier alpha value is -0.940. The van der Waals surface area contributed by atoms with Crippen LogP contribution in [0.1, 0.15) is 10.5 Å². The van der Waals surface area contributed by atoms with Crippen molar-refractivity contribution >= 4 is 29.4 Å². The van der Waals surface area contributed by atoms with Gasteiger partial charge in [0.15, 0.2) is 10.6 Å². The summed E-state index contributed by atoms with van der Waals surface area (Å²) in [6.07, 6.45) is 0.637. The third-order valence-corrected chi connectivity index (χ3v) is 1.80. The van der Waals surface area contributed by atoms with Crippen molar-refractivity contribution in [2.45, 2.75) is 4.84 Å². The van der Waals surface area contributed by atoms with Crippen molar-refractivity contribution < 1.29 is 14.3 Å². The molecule has 0 bridgehead atoms. The summed E-state index contributed by atoms with van der Waals surface area (Å²) in [4.78, 5) is 9.95. The maximum atomic E-state index is 10.8. The van der Waals surface area contributed by atoms with Gasteiger partial charge >= 0.3 is 6.16 Å². The first-order valence-electron chi connectivity index (χ1n) is 3.62. The second kappa shape index (κ2) is 4.52. The van der Waals surface area contributed by atoms with Crippen molar-refractivity contribution in [2.24, 2.45) is 7.05 Å². The number of ether oxygens (including phenoxy) is 2. The van der Waals surface area contributed by atoms with Crippen LogP contribution in [0.2, 0.25) is 0 Å². The van der Waals surface area contributed by atoms with E-state index in [9.17, 15) is 4.79 Å². The fourth-order valence-corrected chi connectivity index (χ4v) is 1.15. The first kappa shape index (κ1) is 11.1. The van der Waals surface area contributed by atoms with Gasteiger partial charge in [-0.1, -0.05) is 23.2 Å². The van der Waals surface area contributed by atoms with Gasteiger partial charge in [-0.2, -0.15) is 5.10 Å². The summed E-state index contributed by atoms with van der Waals surface area (Å²) in [7, 11) is 2.86. The molecule has 1 aromatic heterocycles. The van der Waals surface area contributed by atoms with Crippen LogP contribution in [0, 0.1) is 0 Å². The molecule has 0 spiro atoms. The number of methoxy groups -OCH3 is 1. The van der Waals surface area contributed by atoms with Gasteiger partial charge in [-0.3, -0.25) is 4.68 Å². The number of hydrogen-bond donors (Lipinski definition) is 0. The van der Waals surface area contributed by atoms with Crippen molar-refractivity contribution in [1.82, 2.24) is 9.78 Å². The topological polar surface area (TPSA) is 53.4 Å². The van der Waals surface area contributed by atoms with E-state index in [0.29, 0.717) is 0 Å². The lowest BCUT2D eigenvalue weighted by Gasteiger charge is -2.01. The monoisotopic (exact) mass is 238 g/mol. The molecule has 14 heavy (non-hydrogen) atoms. The van der Waals surface area contributed by atoms with Crippen LogP contribution in [-0.2, 0) is 11.8 Å². The maximum Gasteiger partial charge on any atom is 0.513 e. The molecule has 0 aliphatic rings. The Labute approximate surface area is 90.5 Å². The summed E-state index contributed by atoms with van der Waals surface area (Å²) >= 11 is 11.2. The fourth-order valence-electron chi connectivity index (χ4n) is 0.845. The van der Waals surface area contributed by atoms with Crippen molar-refractivity contribution in [3.63, 3.8) is 0 Å². The maximum absolute atomic E-state index is 10.8. The van der Waals surface area contributed by atoms with E-state index < -0.39 is 11.0 Å². The Morgan fingerprint density at radius 3 is 2.79 bits per heavy atom. The molecule has 0 atom stereocenters. The molecule has 0 aromatic carbocycles. The second-order valence-electron chi connectivity index (χ2n) is 2.41. The van der Waals surface area contributed by atoms with Gasteiger partial charge in [0.2, 0.25) is 0 Å². The van der Waals surface area contributed by atoms with Crippen LogP contribution >= 0.6 is 23.2 Å². The van der Waals surface area contributed by atoms with Gasteiger partial charge in [0.1, 0.15) is 5.69 Å².